The number of furan rings is 1. The number of carbonyl (C=O) groups excluding carboxylic acids is 1. The van der Waals surface area contributed by atoms with E-state index < -0.39 is 0 Å². The summed E-state index contributed by atoms with van der Waals surface area (Å²) in [5.74, 6) is 0.515. The molecule has 0 aromatic carbocycles. The zero-order valence-corrected chi connectivity index (χ0v) is 13.9. The van der Waals surface area contributed by atoms with Crippen LogP contribution in [0.3, 0.4) is 0 Å². The quantitative estimate of drug-likeness (QED) is 0.766. The molecule has 0 aliphatic carbocycles. The van der Waals surface area contributed by atoms with Gasteiger partial charge in [0, 0.05) is 15.8 Å². The van der Waals surface area contributed by atoms with Crippen LogP contribution in [-0.2, 0) is 12.0 Å². The monoisotopic (exact) mass is 331 g/mol. The highest BCUT2D eigenvalue weighted by Gasteiger charge is 2.17. The van der Waals surface area contributed by atoms with E-state index >= 15 is 0 Å². The largest absolute Gasteiger partial charge is 0.460 e. The highest BCUT2D eigenvalue weighted by molar-refractivity contribution is 7.12. The first-order valence-electron chi connectivity index (χ1n) is 7.13. The van der Waals surface area contributed by atoms with E-state index in [-0.39, 0.29) is 11.3 Å². The van der Waals surface area contributed by atoms with Gasteiger partial charge in [0.1, 0.15) is 6.26 Å². The van der Waals surface area contributed by atoms with Gasteiger partial charge in [0.05, 0.1) is 12.1 Å². The molecule has 0 radical (unpaired) electrons. The molecule has 0 saturated heterocycles. The van der Waals surface area contributed by atoms with Crippen molar-refractivity contribution in [1.82, 2.24) is 25.9 Å². The Hall–Kier alpha value is -2.48. The number of nitrogens with zero attached hydrogens (tertiary/aromatic N) is 3. The summed E-state index contributed by atoms with van der Waals surface area (Å²) in [5.41, 5.74) is 0.550. The summed E-state index contributed by atoms with van der Waals surface area (Å²) in [6, 6.07) is 5.75. The summed E-state index contributed by atoms with van der Waals surface area (Å²) in [6.07, 6.45) is 1.38. The third-order valence-corrected chi connectivity index (χ3v) is 4.76. The number of hydrogen-bond donors (Lipinski definition) is 2. The predicted octanol–water partition coefficient (Wildman–Crippen LogP) is 2.75. The minimum Gasteiger partial charge on any atom is -0.460 e. The number of rotatable bonds is 4. The lowest BCUT2D eigenvalue weighted by molar-refractivity contribution is 0.0950. The number of carbonyl (C=O) groups is 1. The highest BCUT2D eigenvalue weighted by atomic mass is 32.1. The van der Waals surface area contributed by atoms with Gasteiger partial charge < -0.3 is 9.73 Å². The number of hydrogen-bond acceptors (Lipinski definition) is 6. The second kappa shape index (κ2) is 5.96. The number of aromatic nitrogens is 4. The molecule has 23 heavy (non-hydrogen) atoms. The molecule has 2 N–H and O–H groups in total. The van der Waals surface area contributed by atoms with Crippen molar-refractivity contribution in [2.24, 2.45) is 0 Å². The van der Waals surface area contributed by atoms with Gasteiger partial charge in [0.2, 0.25) is 5.82 Å². The topological polar surface area (TPSA) is 96.7 Å². The summed E-state index contributed by atoms with van der Waals surface area (Å²) in [6.45, 7) is 7.01. The van der Waals surface area contributed by atoms with Gasteiger partial charge in [0.25, 0.3) is 5.91 Å². The lowest BCUT2D eigenvalue weighted by Crippen LogP contribution is -2.21. The van der Waals surface area contributed by atoms with Crippen LogP contribution in [-0.4, -0.2) is 26.5 Å². The minimum absolute atomic E-state index is 0.122. The minimum atomic E-state index is -0.200. The molecule has 0 bridgehead atoms. The van der Waals surface area contributed by atoms with Crippen molar-refractivity contribution < 1.29 is 9.21 Å². The molecule has 0 spiro atoms. The summed E-state index contributed by atoms with van der Waals surface area (Å²) in [7, 11) is 0. The Morgan fingerprint density at radius 2 is 2.22 bits per heavy atom. The molecule has 3 heterocycles. The van der Waals surface area contributed by atoms with Crippen LogP contribution in [0.2, 0.25) is 0 Å². The van der Waals surface area contributed by atoms with Crippen molar-refractivity contribution in [3.63, 3.8) is 0 Å². The fraction of sp³-hybridized carbons (Fsp3) is 0.333. The zero-order chi connectivity index (χ0) is 16.4. The highest BCUT2D eigenvalue weighted by Crippen LogP contribution is 2.29. The molecule has 0 aliphatic rings. The van der Waals surface area contributed by atoms with Crippen LogP contribution < -0.4 is 5.32 Å². The first-order chi connectivity index (χ1) is 10.9. The van der Waals surface area contributed by atoms with Crippen molar-refractivity contribution >= 4 is 17.2 Å². The number of thiophene rings is 1. The van der Waals surface area contributed by atoms with E-state index in [4.69, 9.17) is 4.42 Å². The second-order valence-electron chi connectivity index (χ2n) is 6.13. The third kappa shape index (κ3) is 3.48. The molecule has 0 aliphatic heterocycles. The first kappa shape index (κ1) is 15.4. The standard InChI is InChI=1S/C15H17N5O2S/c1-15(2,3)12-5-4-10(23-12)7-16-14(21)9-6-11(22-8-9)13-17-19-20-18-13/h4-6,8H,7H2,1-3H3,(H,16,21)(H,17,18,19,20). The van der Waals surface area contributed by atoms with E-state index in [0.717, 1.165) is 4.88 Å². The molecule has 0 fully saturated rings. The molecular weight excluding hydrogens is 314 g/mol. The molecule has 0 saturated carbocycles. The fourth-order valence-corrected chi connectivity index (χ4v) is 2.99. The second-order valence-corrected chi connectivity index (χ2v) is 7.30. The van der Waals surface area contributed by atoms with Crippen LogP contribution in [0.25, 0.3) is 11.6 Å². The Morgan fingerprint density at radius 3 is 2.87 bits per heavy atom. The predicted molar refractivity (Wildman–Crippen MR) is 86.1 cm³/mol. The molecule has 0 unspecified atom stereocenters. The summed E-state index contributed by atoms with van der Waals surface area (Å²) >= 11 is 1.71. The molecule has 120 valence electrons. The van der Waals surface area contributed by atoms with E-state index in [9.17, 15) is 4.79 Å². The molecule has 3 aromatic rings. The molecule has 3 rings (SSSR count). The summed E-state index contributed by atoms with van der Waals surface area (Å²) in [4.78, 5) is 14.6. The van der Waals surface area contributed by atoms with Crippen molar-refractivity contribution in [2.45, 2.75) is 32.7 Å². The Morgan fingerprint density at radius 1 is 1.39 bits per heavy atom. The third-order valence-electron chi connectivity index (χ3n) is 3.25. The number of tetrazole rings is 1. The van der Waals surface area contributed by atoms with Gasteiger partial charge in [-0.3, -0.25) is 4.79 Å². The van der Waals surface area contributed by atoms with Gasteiger partial charge in [-0.25, -0.2) is 0 Å². The lowest BCUT2D eigenvalue weighted by Gasteiger charge is -2.15. The van der Waals surface area contributed by atoms with E-state index in [0.29, 0.717) is 23.7 Å². The van der Waals surface area contributed by atoms with Gasteiger partial charge in [0.15, 0.2) is 5.76 Å². The van der Waals surface area contributed by atoms with Crippen LogP contribution in [0.1, 0.15) is 40.9 Å². The average Bonchev–Trinajstić information content (AvgIpc) is 3.22. The number of amides is 1. The van der Waals surface area contributed by atoms with E-state index in [1.54, 1.807) is 17.4 Å². The Kier molecular flexibility index (Phi) is 3.99. The molecule has 0 atom stereocenters. The van der Waals surface area contributed by atoms with E-state index in [1.165, 1.54) is 11.1 Å². The number of H-pyrrole nitrogens is 1. The summed E-state index contributed by atoms with van der Waals surface area (Å²) in [5, 5.41) is 16.3. The number of nitrogens with one attached hydrogen (secondary N) is 2. The average molecular weight is 331 g/mol. The smallest absolute Gasteiger partial charge is 0.254 e. The molecular formula is C15H17N5O2S. The van der Waals surface area contributed by atoms with Gasteiger partial charge in [-0.2, -0.15) is 5.21 Å². The molecule has 3 aromatic heterocycles. The van der Waals surface area contributed by atoms with Crippen molar-refractivity contribution in [1.29, 1.82) is 0 Å². The van der Waals surface area contributed by atoms with E-state index in [1.807, 2.05) is 6.07 Å². The molecule has 1 amide bonds. The van der Waals surface area contributed by atoms with E-state index in [2.05, 4.69) is 52.8 Å². The van der Waals surface area contributed by atoms with Gasteiger partial charge in [-0.15, -0.1) is 21.5 Å². The van der Waals surface area contributed by atoms with Crippen LogP contribution in [0, 0.1) is 0 Å². The SMILES string of the molecule is CC(C)(C)c1ccc(CNC(=O)c2coc(-c3nn[nH]n3)c2)s1. The molecule has 8 heteroatoms. The fourth-order valence-electron chi connectivity index (χ4n) is 1.98. The van der Waals surface area contributed by atoms with Gasteiger partial charge in [-0.05, 0) is 22.8 Å². The van der Waals surface area contributed by atoms with Crippen LogP contribution in [0.4, 0.5) is 0 Å². The Balaban J connectivity index is 1.63. The van der Waals surface area contributed by atoms with Crippen molar-refractivity contribution in [2.75, 3.05) is 0 Å². The molecule has 7 nitrogen and oxygen atoms in total. The summed E-state index contributed by atoms with van der Waals surface area (Å²) < 4.78 is 5.29. The zero-order valence-electron chi connectivity index (χ0n) is 13.1. The van der Waals surface area contributed by atoms with Crippen molar-refractivity contribution in [3.05, 3.63) is 39.8 Å². The Labute approximate surface area is 137 Å². The maximum atomic E-state index is 12.2. The van der Waals surface area contributed by atoms with Gasteiger partial charge in [-0.1, -0.05) is 20.8 Å². The first-order valence-corrected chi connectivity index (χ1v) is 7.95. The van der Waals surface area contributed by atoms with Crippen LogP contribution in [0.5, 0.6) is 0 Å². The van der Waals surface area contributed by atoms with Crippen LogP contribution in [0.15, 0.2) is 28.9 Å². The Bertz CT molecular complexity index is 798. The van der Waals surface area contributed by atoms with Gasteiger partial charge >= 0.3 is 0 Å². The lowest BCUT2D eigenvalue weighted by atomic mass is 9.95. The normalized spacial score (nSPS) is 11.6. The maximum absolute atomic E-state index is 12.2. The van der Waals surface area contributed by atoms with Crippen LogP contribution >= 0.6 is 11.3 Å². The maximum Gasteiger partial charge on any atom is 0.254 e. The van der Waals surface area contributed by atoms with Crippen molar-refractivity contribution in [3.8, 4) is 11.6 Å². The number of aromatic amines is 1.